The second-order valence-corrected chi connectivity index (χ2v) is 6.97. The summed E-state index contributed by atoms with van der Waals surface area (Å²) < 4.78 is 20.5. The number of nitrogens with one attached hydrogen (secondary N) is 1. The summed E-state index contributed by atoms with van der Waals surface area (Å²) in [5.41, 5.74) is 0.860. The van der Waals surface area contributed by atoms with Gasteiger partial charge in [-0.15, -0.1) is 0 Å². The summed E-state index contributed by atoms with van der Waals surface area (Å²) in [7, 11) is 1.86. The van der Waals surface area contributed by atoms with Gasteiger partial charge in [-0.1, -0.05) is 35.3 Å². The number of imidazole rings is 1. The van der Waals surface area contributed by atoms with Gasteiger partial charge in [0.15, 0.2) is 0 Å². The van der Waals surface area contributed by atoms with Gasteiger partial charge < -0.3 is 14.6 Å². The number of nitrogens with zero attached hydrogens (tertiary/aromatic N) is 2. The number of carbonyl (C=O) groups is 1. The number of amides is 1. The van der Waals surface area contributed by atoms with Crippen LogP contribution in [-0.4, -0.2) is 22.1 Å². The van der Waals surface area contributed by atoms with Crippen molar-refractivity contribution < 1.29 is 13.9 Å². The van der Waals surface area contributed by atoms with Gasteiger partial charge in [0.1, 0.15) is 23.4 Å². The van der Waals surface area contributed by atoms with Crippen molar-refractivity contribution in [3.63, 3.8) is 0 Å². The number of hydrogen-bond acceptors (Lipinski definition) is 3. The number of ether oxygens (including phenoxy) is 1. The van der Waals surface area contributed by atoms with Crippen LogP contribution in [0.3, 0.4) is 0 Å². The zero-order valence-electron chi connectivity index (χ0n) is 15.0. The fourth-order valence-corrected chi connectivity index (χ4v) is 2.97. The smallest absolute Gasteiger partial charge is 0.224 e. The standard InChI is InChI=1S/C20H18Cl2FN3O2/c1-26-10-9-24-20(26)19(13-2-4-14(21)5-3-13)25-18(27)8-11-28-15-6-7-17(23)16(22)12-15/h2-7,9-10,12,19H,8,11H2,1H3,(H,25,27). The summed E-state index contributed by atoms with van der Waals surface area (Å²) >= 11 is 11.7. The molecule has 0 radical (unpaired) electrons. The summed E-state index contributed by atoms with van der Waals surface area (Å²) in [6.07, 6.45) is 3.60. The summed E-state index contributed by atoms with van der Waals surface area (Å²) in [6.45, 7) is 0.127. The number of halogens is 3. The number of carbonyl (C=O) groups excluding carboxylic acids is 1. The fraction of sp³-hybridized carbons (Fsp3) is 0.200. The molecule has 28 heavy (non-hydrogen) atoms. The Labute approximate surface area is 172 Å². The molecule has 0 aliphatic heterocycles. The minimum absolute atomic E-state index is 0.0282. The third kappa shape index (κ3) is 5.03. The molecule has 0 saturated carbocycles. The van der Waals surface area contributed by atoms with E-state index in [1.807, 2.05) is 29.9 Å². The molecule has 1 heterocycles. The van der Waals surface area contributed by atoms with Gasteiger partial charge in [0, 0.05) is 30.5 Å². The largest absolute Gasteiger partial charge is 0.493 e. The van der Waals surface area contributed by atoms with E-state index in [-0.39, 0.29) is 24.0 Å². The molecule has 1 amide bonds. The van der Waals surface area contributed by atoms with Gasteiger partial charge in [-0.05, 0) is 29.8 Å². The Kier molecular flexibility index (Phi) is 6.54. The quantitative estimate of drug-likeness (QED) is 0.608. The first-order valence-electron chi connectivity index (χ1n) is 8.54. The molecule has 3 aromatic rings. The molecule has 1 atom stereocenters. The molecule has 146 valence electrons. The maximum atomic E-state index is 13.2. The SMILES string of the molecule is Cn1ccnc1C(NC(=O)CCOc1ccc(F)c(Cl)c1)c1ccc(Cl)cc1. The average Bonchev–Trinajstić information content (AvgIpc) is 3.09. The van der Waals surface area contributed by atoms with Crippen molar-refractivity contribution in [2.24, 2.45) is 7.05 Å². The van der Waals surface area contributed by atoms with Crippen molar-refractivity contribution >= 4 is 29.1 Å². The maximum absolute atomic E-state index is 13.2. The third-order valence-electron chi connectivity index (χ3n) is 4.11. The van der Waals surface area contributed by atoms with Crippen LogP contribution in [0.5, 0.6) is 5.75 Å². The second kappa shape index (κ2) is 9.08. The summed E-state index contributed by atoms with van der Waals surface area (Å²) in [6, 6.07) is 10.8. The van der Waals surface area contributed by atoms with Crippen LogP contribution in [0.25, 0.3) is 0 Å². The van der Waals surface area contributed by atoms with E-state index in [0.29, 0.717) is 16.6 Å². The molecule has 0 aliphatic rings. The lowest BCUT2D eigenvalue weighted by molar-refractivity contribution is -0.122. The van der Waals surface area contributed by atoms with Crippen molar-refractivity contribution in [3.05, 3.63) is 82.1 Å². The van der Waals surface area contributed by atoms with Crippen LogP contribution in [-0.2, 0) is 11.8 Å². The molecular formula is C20H18Cl2FN3O2. The molecule has 0 bridgehead atoms. The van der Waals surface area contributed by atoms with E-state index in [0.717, 1.165) is 5.56 Å². The Morgan fingerprint density at radius 2 is 2.00 bits per heavy atom. The highest BCUT2D eigenvalue weighted by atomic mass is 35.5. The molecule has 0 spiro atoms. The van der Waals surface area contributed by atoms with Crippen molar-refractivity contribution in [1.82, 2.24) is 14.9 Å². The number of hydrogen-bond donors (Lipinski definition) is 1. The summed E-state index contributed by atoms with van der Waals surface area (Å²) in [5.74, 6) is 0.364. The monoisotopic (exact) mass is 421 g/mol. The summed E-state index contributed by atoms with van der Waals surface area (Å²) in [5, 5.41) is 3.55. The topological polar surface area (TPSA) is 56.2 Å². The third-order valence-corrected chi connectivity index (χ3v) is 4.66. The molecule has 0 aliphatic carbocycles. The van der Waals surface area contributed by atoms with Gasteiger partial charge in [0.2, 0.25) is 5.91 Å². The predicted molar refractivity (Wildman–Crippen MR) is 106 cm³/mol. The molecule has 0 fully saturated rings. The highest BCUT2D eigenvalue weighted by molar-refractivity contribution is 6.31. The fourth-order valence-electron chi connectivity index (χ4n) is 2.67. The molecule has 1 N–H and O–H groups in total. The van der Waals surface area contributed by atoms with Crippen molar-refractivity contribution in [2.45, 2.75) is 12.5 Å². The molecule has 3 rings (SSSR count). The van der Waals surface area contributed by atoms with Gasteiger partial charge >= 0.3 is 0 Å². The van der Waals surface area contributed by atoms with Crippen LogP contribution in [0.2, 0.25) is 10.0 Å². The molecule has 1 aromatic heterocycles. The van der Waals surface area contributed by atoms with Gasteiger partial charge in [-0.3, -0.25) is 4.79 Å². The summed E-state index contributed by atoms with van der Waals surface area (Å²) in [4.78, 5) is 16.8. The van der Waals surface area contributed by atoms with Gasteiger partial charge in [-0.25, -0.2) is 9.37 Å². The average molecular weight is 422 g/mol. The van der Waals surface area contributed by atoms with Crippen LogP contribution in [0.1, 0.15) is 23.9 Å². The predicted octanol–water partition coefficient (Wildman–Crippen LogP) is 4.54. The van der Waals surface area contributed by atoms with Crippen molar-refractivity contribution in [2.75, 3.05) is 6.61 Å². The Morgan fingerprint density at radius 3 is 2.64 bits per heavy atom. The first-order chi connectivity index (χ1) is 13.4. The minimum atomic E-state index is -0.521. The van der Waals surface area contributed by atoms with Crippen LogP contribution in [0.4, 0.5) is 4.39 Å². The highest BCUT2D eigenvalue weighted by Crippen LogP contribution is 2.23. The van der Waals surface area contributed by atoms with Crippen LogP contribution < -0.4 is 10.1 Å². The van der Waals surface area contributed by atoms with E-state index >= 15 is 0 Å². The molecule has 2 aromatic carbocycles. The lowest BCUT2D eigenvalue weighted by atomic mass is 10.1. The molecule has 8 heteroatoms. The van der Waals surface area contributed by atoms with E-state index in [4.69, 9.17) is 27.9 Å². The maximum Gasteiger partial charge on any atom is 0.224 e. The first kappa shape index (κ1) is 20.2. The van der Waals surface area contributed by atoms with Crippen LogP contribution >= 0.6 is 23.2 Å². The molecule has 5 nitrogen and oxygen atoms in total. The van der Waals surface area contributed by atoms with Crippen LogP contribution in [0, 0.1) is 5.82 Å². The van der Waals surface area contributed by atoms with Gasteiger partial charge in [-0.2, -0.15) is 0 Å². The number of rotatable bonds is 7. The van der Waals surface area contributed by atoms with Crippen molar-refractivity contribution in [3.8, 4) is 5.75 Å². The molecule has 1 unspecified atom stereocenters. The first-order valence-corrected chi connectivity index (χ1v) is 9.29. The van der Waals surface area contributed by atoms with Gasteiger partial charge in [0.05, 0.1) is 18.1 Å². The highest BCUT2D eigenvalue weighted by Gasteiger charge is 2.20. The van der Waals surface area contributed by atoms with E-state index in [9.17, 15) is 9.18 Å². The molecule has 0 saturated heterocycles. The Balaban J connectivity index is 1.65. The zero-order valence-corrected chi connectivity index (χ0v) is 16.5. The van der Waals surface area contributed by atoms with E-state index < -0.39 is 11.9 Å². The normalized spacial score (nSPS) is 11.9. The van der Waals surface area contributed by atoms with Crippen LogP contribution in [0.15, 0.2) is 54.9 Å². The molecular weight excluding hydrogens is 404 g/mol. The number of aryl methyl sites for hydroxylation is 1. The van der Waals surface area contributed by atoms with E-state index in [1.165, 1.54) is 18.2 Å². The lowest BCUT2D eigenvalue weighted by Gasteiger charge is -2.19. The Morgan fingerprint density at radius 1 is 1.25 bits per heavy atom. The van der Waals surface area contributed by atoms with Crippen molar-refractivity contribution in [1.29, 1.82) is 0 Å². The van der Waals surface area contributed by atoms with Gasteiger partial charge in [0.25, 0.3) is 0 Å². The minimum Gasteiger partial charge on any atom is -0.493 e. The van der Waals surface area contributed by atoms with E-state index in [2.05, 4.69) is 10.3 Å². The second-order valence-electron chi connectivity index (χ2n) is 6.12. The zero-order chi connectivity index (χ0) is 20.1. The Bertz CT molecular complexity index is 960. The van der Waals surface area contributed by atoms with E-state index in [1.54, 1.807) is 18.3 Å². The Hall–Kier alpha value is -2.57. The lowest BCUT2D eigenvalue weighted by Crippen LogP contribution is -2.32. The number of aromatic nitrogens is 2. The number of benzene rings is 2.